The normalized spacial score (nSPS) is 18.3. The zero-order valence-corrected chi connectivity index (χ0v) is 19.2. The van der Waals surface area contributed by atoms with Crippen LogP contribution in [0, 0.1) is 0 Å². The van der Waals surface area contributed by atoms with E-state index in [2.05, 4.69) is 0 Å². The molecule has 0 aliphatic heterocycles. The molecule has 6 unspecified atom stereocenters. The molecule has 180 valence electrons. The first-order valence-corrected chi connectivity index (χ1v) is 10.5. The third-order valence-corrected chi connectivity index (χ3v) is 5.28. The molecule has 0 aromatic heterocycles. The van der Waals surface area contributed by atoms with Crippen LogP contribution in [0.4, 0.5) is 0 Å². The monoisotopic (exact) mass is 445 g/mol. The molecule has 0 radical (unpaired) electrons. The number of phenols is 1. The lowest BCUT2D eigenvalue weighted by Gasteiger charge is -2.32. The minimum absolute atomic E-state index is 0.0225. The average molecular weight is 446 g/mol. The standard InChI is InChI=1S/C21H39N3O7/c1-12(25)22(13(2)26)9-18-7-19(10-23(14(3)27)15(4)28)21(31)20(8-18)11-24(16(5)29)17(6)30/h7-8,12-17,25-31H,9-11H2,1-6H3. The van der Waals surface area contributed by atoms with Gasteiger partial charge < -0.3 is 35.7 Å². The van der Waals surface area contributed by atoms with Crippen LogP contribution in [0.2, 0.25) is 0 Å². The quantitative estimate of drug-likeness (QED) is 0.216. The first-order valence-electron chi connectivity index (χ1n) is 10.5. The molecule has 0 fully saturated rings. The number of hydrogen-bond acceptors (Lipinski definition) is 10. The van der Waals surface area contributed by atoms with E-state index in [9.17, 15) is 35.7 Å². The predicted molar refractivity (Wildman–Crippen MR) is 115 cm³/mol. The Labute approximate surface area is 184 Å². The summed E-state index contributed by atoms with van der Waals surface area (Å²) in [5.74, 6) is -0.0954. The van der Waals surface area contributed by atoms with E-state index in [4.69, 9.17) is 0 Å². The second kappa shape index (κ2) is 12.0. The summed E-state index contributed by atoms with van der Waals surface area (Å²) in [6.07, 6.45) is -5.79. The minimum atomic E-state index is -0.982. The van der Waals surface area contributed by atoms with Crippen molar-refractivity contribution >= 4 is 0 Å². The van der Waals surface area contributed by atoms with Crippen LogP contribution in [0.15, 0.2) is 12.1 Å². The smallest absolute Gasteiger partial charge is 0.124 e. The lowest BCUT2D eigenvalue weighted by atomic mass is 10.0. The highest BCUT2D eigenvalue weighted by molar-refractivity contribution is 5.44. The van der Waals surface area contributed by atoms with E-state index >= 15 is 0 Å². The molecule has 1 rings (SSSR count). The number of hydrogen-bond donors (Lipinski definition) is 7. The number of benzene rings is 1. The molecule has 0 aliphatic carbocycles. The van der Waals surface area contributed by atoms with Gasteiger partial charge in [-0.15, -0.1) is 0 Å². The molecule has 0 aliphatic rings. The van der Waals surface area contributed by atoms with Crippen molar-refractivity contribution in [3.63, 3.8) is 0 Å². The summed E-state index contributed by atoms with van der Waals surface area (Å²) >= 11 is 0. The summed E-state index contributed by atoms with van der Waals surface area (Å²) in [7, 11) is 0. The van der Waals surface area contributed by atoms with E-state index in [1.807, 2.05) is 0 Å². The van der Waals surface area contributed by atoms with Crippen molar-refractivity contribution in [2.75, 3.05) is 0 Å². The Morgan fingerprint density at radius 3 is 1.06 bits per heavy atom. The molecule has 1 aromatic carbocycles. The van der Waals surface area contributed by atoms with Gasteiger partial charge in [0.1, 0.15) is 43.1 Å². The van der Waals surface area contributed by atoms with Crippen molar-refractivity contribution in [1.82, 2.24) is 14.7 Å². The van der Waals surface area contributed by atoms with E-state index in [0.29, 0.717) is 16.7 Å². The van der Waals surface area contributed by atoms with Gasteiger partial charge in [0.15, 0.2) is 0 Å². The molecule has 0 heterocycles. The fourth-order valence-electron chi connectivity index (χ4n) is 3.50. The summed E-state index contributed by atoms with van der Waals surface area (Å²) < 4.78 is 0. The highest BCUT2D eigenvalue weighted by Crippen LogP contribution is 2.30. The summed E-state index contributed by atoms with van der Waals surface area (Å²) in [5.41, 5.74) is 1.46. The molecule has 0 saturated carbocycles. The average Bonchev–Trinajstić information content (AvgIpc) is 2.62. The largest absolute Gasteiger partial charge is 0.507 e. The topological polar surface area (TPSA) is 151 Å². The van der Waals surface area contributed by atoms with Crippen LogP contribution >= 0.6 is 0 Å². The van der Waals surface area contributed by atoms with Crippen molar-refractivity contribution in [3.8, 4) is 5.75 Å². The van der Waals surface area contributed by atoms with Crippen molar-refractivity contribution in [3.05, 3.63) is 28.8 Å². The van der Waals surface area contributed by atoms with Gasteiger partial charge in [0, 0.05) is 30.8 Å². The number of phenolic OH excluding ortho intramolecular Hbond substituents is 1. The van der Waals surface area contributed by atoms with Gasteiger partial charge in [-0.2, -0.15) is 0 Å². The van der Waals surface area contributed by atoms with Crippen LogP contribution in [-0.2, 0) is 19.6 Å². The van der Waals surface area contributed by atoms with Gasteiger partial charge in [-0.3, -0.25) is 0 Å². The molecule has 10 nitrogen and oxygen atoms in total. The third kappa shape index (κ3) is 7.94. The van der Waals surface area contributed by atoms with Crippen molar-refractivity contribution in [1.29, 1.82) is 0 Å². The molecule has 7 N–H and O–H groups in total. The van der Waals surface area contributed by atoms with Crippen molar-refractivity contribution < 1.29 is 35.7 Å². The van der Waals surface area contributed by atoms with Gasteiger partial charge >= 0.3 is 0 Å². The van der Waals surface area contributed by atoms with Crippen LogP contribution in [0.5, 0.6) is 5.75 Å². The Balaban J connectivity index is 3.46. The van der Waals surface area contributed by atoms with Crippen molar-refractivity contribution in [2.24, 2.45) is 0 Å². The molecular formula is C21H39N3O7. The number of nitrogens with zero attached hydrogens (tertiary/aromatic N) is 3. The second-order valence-corrected chi connectivity index (χ2v) is 8.07. The Morgan fingerprint density at radius 2 is 0.806 bits per heavy atom. The minimum Gasteiger partial charge on any atom is -0.507 e. The molecular weight excluding hydrogens is 406 g/mol. The first-order chi connectivity index (χ1) is 14.3. The van der Waals surface area contributed by atoms with Gasteiger partial charge in [0.25, 0.3) is 0 Å². The van der Waals surface area contributed by atoms with Gasteiger partial charge in [0.2, 0.25) is 0 Å². The predicted octanol–water partition coefficient (Wildman–Crippen LogP) is -0.172. The maximum Gasteiger partial charge on any atom is 0.124 e. The number of aliphatic hydroxyl groups excluding tert-OH is 6. The molecule has 10 heteroatoms. The van der Waals surface area contributed by atoms with Crippen LogP contribution < -0.4 is 0 Å². The molecule has 6 atom stereocenters. The summed E-state index contributed by atoms with van der Waals surface area (Å²) in [6.45, 7) is 9.26. The van der Waals surface area contributed by atoms with E-state index < -0.39 is 37.4 Å². The van der Waals surface area contributed by atoms with Crippen molar-refractivity contribution in [2.45, 2.75) is 98.5 Å². The lowest BCUT2D eigenvalue weighted by molar-refractivity contribution is -0.0912. The van der Waals surface area contributed by atoms with Gasteiger partial charge in [-0.25, -0.2) is 14.7 Å². The van der Waals surface area contributed by atoms with Crippen LogP contribution in [0.3, 0.4) is 0 Å². The Kier molecular flexibility index (Phi) is 10.8. The second-order valence-electron chi connectivity index (χ2n) is 8.07. The maximum absolute atomic E-state index is 10.9. The lowest BCUT2D eigenvalue weighted by Crippen LogP contribution is -2.41. The van der Waals surface area contributed by atoms with E-state index in [-0.39, 0.29) is 25.4 Å². The highest BCUT2D eigenvalue weighted by Gasteiger charge is 2.24. The molecule has 0 amide bonds. The summed E-state index contributed by atoms with van der Waals surface area (Å²) in [5, 5.41) is 70.8. The van der Waals surface area contributed by atoms with Crippen LogP contribution in [0.25, 0.3) is 0 Å². The first kappa shape index (κ1) is 27.7. The van der Waals surface area contributed by atoms with E-state index in [1.54, 1.807) is 12.1 Å². The SMILES string of the molecule is CC(O)N(Cc1cc(CN(C(C)O)C(C)O)c(O)c(CN(C(C)O)C(C)O)c1)C(C)O. The maximum atomic E-state index is 10.9. The molecule has 0 saturated heterocycles. The van der Waals surface area contributed by atoms with E-state index in [0.717, 1.165) is 0 Å². The van der Waals surface area contributed by atoms with Crippen LogP contribution in [0.1, 0.15) is 58.2 Å². The summed E-state index contributed by atoms with van der Waals surface area (Å²) in [4.78, 5) is 4.16. The number of aliphatic hydroxyl groups is 6. The Hall–Kier alpha value is -1.34. The Morgan fingerprint density at radius 1 is 0.548 bits per heavy atom. The number of rotatable bonds is 12. The zero-order chi connectivity index (χ0) is 24.0. The van der Waals surface area contributed by atoms with Gasteiger partial charge in [-0.1, -0.05) is 0 Å². The van der Waals surface area contributed by atoms with Gasteiger partial charge in [0.05, 0.1) is 0 Å². The molecule has 0 spiro atoms. The van der Waals surface area contributed by atoms with Gasteiger partial charge in [-0.05, 0) is 59.2 Å². The van der Waals surface area contributed by atoms with Crippen LogP contribution in [-0.4, -0.2) is 87.8 Å². The summed E-state index contributed by atoms with van der Waals surface area (Å²) in [6, 6.07) is 3.34. The highest BCUT2D eigenvalue weighted by atomic mass is 16.3. The van der Waals surface area contributed by atoms with E-state index in [1.165, 1.54) is 56.2 Å². The fourth-order valence-corrected chi connectivity index (χ4v) is 3.50. The fraction of sp³-hybridized carbons (Fsp3) is 0.714. The number of aromatic hydroxyl groups is 1. The zero-order valence-electron chi connectivity index (χ0n) is 19.2. The Bertz CT molecular complexity index is 614. The molecule has 31 heavy (non-hydrogen) atoms. The third-order valence-electron chi connectivity index (χ3n) is 5.28. The molecule has 0 bridgehead atoms. The molecule has 1 aromatic rings.